The Balaban J connectivity index is 1.14. The zero-order valence-electron chi connectivity index (χ0n) is 19.1. The fraction of sp³-hybridized carbons (Fsp3) is 0.593. The summed E-state index contributed by atoms with van der Waals surface area (Å²) in [5, 5.41) is 3.50. The second kappa shape index (κ2) is 10.7. The first-order chi connectivity index (χ1) is 15.8. The van der Waals surface area contributed by atoms with Crippen molar-refractivity contribution in [1.82, 2.24) is 10.3 Å². The summed E-state index contributed by atoms with van der Waals surface area (Å²) in [5.41, 5.74) is 2.48. The van der Waals surface area contributed by atoms with Gasteiger partial charge >= 0.3 is 0 Å². The Morgan fingerprint density at radius 1 is 1.00 bits per heavy atom. The maximum absolute atomic E-state index is 6.16. The summed E-state index contributed by atoms with van der Waals surface area (Å²) in [6.07, 6.45) is 11.5. The highest BCUT2D eigenvalue weighted by atomic mass is 16.5. The molecule has 4 unspecified atom stereocenters. The summed E-state index contributed by atoms with van der Waals surface area (Å²) in [6.45, 7) is 5.72. The van der Waals surface area contributed by atoms with Crippen molar-refractivity contribution in [2.75, 3.05) is 37.7 Å². The van der Waals surface area contributed by atoms with Crippen LogP contribution in [0.15, 0.2) is 48.8 Å². The van der Waals surface area contributed by atoms with Gasteiger partial charge in [0, 0.05) is 25.2 Å². The van der Waals surface area contributed by atoms with Crippen LogP contribution in [0.5, 0.6) is 5.75 Å². The third-order valence-corrected chi connectivity index (χ3v) is 7.67. The predicted molar refractivity (Wildman–Crippen MR) is 128 cm³/mol. The summed E-state index contributed by atoms with van der Waals surface area (Å²) in [7, 11) is 0. The van der Waals surface area contributed by atoms with Crippen molar-refractivity contribution in [3.63, 3.8) is 0 Å². The first-order valence-corrected chi connectivity index (χ1v) is 12.5. The Hall–Kier alpha value is -2.11. The predicted octanol–water partition coefficient (Wildman–Crippen LogP) is 4.67. The maximum Gasteiger partial charge on any atom is 0.139 e. The lowest BCUT2D eigenvalue weighted by atomic mass is 9.69. The van der Waals surface area contributed by atoms with Crippen molar-refractivity contribution in [3.05, 3.63) is 54.4 Å². The number of fused-ring (bicyclic) bond motifs is 1. The second-order valence-corrected chi connectivity index (χ2v) is 9.83. The van der Waals surface area contributed by atoms with Crippen LogP contribution >= 0.6 is 0 Å². The molecular formula is C27H37N3O2. The van der Waals surface area contributed by atoms with Crippen molar-refractivity contribution in [2.24, 2.45) is 17.8 Å². The molecule has 1 aliphatic carbocycles. The van der Waals surface area contributed by atoms with Crippen molar-refractivity contribution < 1.29 is 9.47 Å². The first kappa shape index (κ1) is 21.7. The van der Waals surface area contributed by atoms with E-state index in [9.17, 15) is 0 Å². The summed E-state index contributed by atoms with van der Waals surface area (Å²) < 4.78 is 12.2. The van der Waals surface area contributed by atoms with Crippen LogP contribution in [0.1, 0.15) is 44.1 Å². The third kappa shape index (κ3) is 5.44. The minimum absolute atomic E-state index is 0.484. The topological polar surface area (TPSA) is 46.6 Å². The molecule has 0 spiro atoms. The maximum atomic E-state index is 6.16. The van der Waals surface area contributed by atoms with E-state index in [0.29, 0.717) is 12.0 Å². The molecule has 0 radical (unpaired) electrons. The van der Waals surface area contributed by atoms with Crippen molar-refractivity contribution in [1.29, 1.82) is 0 Å². The normalized spacial score (nSPS) is 27.8. The molecule has 0 amide bonds. The van der Waals surface area contributed by atoms with Crippen molar-refractivity contribution >= 4 is 5.69 Å². The van der Waals surface area contributed by atoms with Gasteiger partial charge in [-0.3, -0.25) is 4.98 Å². The lowest BCUT2D eigenvalue weighted by Gasteiger charge is -2.46. The minimum Gasteiger partial charge on any atom is -0.490 e. The fourth-order valence-corrected chi connectivity index (χ4v) is 5.93. The van der Waals surface area contributed by atoms with Gasteiger partial charge in [0.2, 0.25) is 0 Å². The lowest BCUT2D eigenvalue weighted by molar-refractivity contribution is 0.0220. The van der Waals surface area contributed by atoms with Gasteiger partial charge in [-0.15, -0.1) is 0 Å². The molecule has 1 N–H and O–H groups in total. The number of aromatic nitrogens is 1. The lowest BCUT2D eigenvalue weighted by Crippen LogP contribution is -2.45. The van der Waals surface area contributed by atoms with Gasteiger partial charge in [-0.05, 0) is 62.0 Å². The summed E-state index contributed by atoms with van der Waals surface area (Å²) in [4.78, 5) is 7.02. The van der Waals surface area contributed by atoms with Gasteiger partial charge in [-0.2, -0.15) is 0 Å². The molecule has 2 aliphatic heterocycles. The number of piperidine rings is 1. The van der Waals surface area contributed by atoms with Gasteiger partial charge < -0.3 is 19.7 Å². The van der Waals surface area contributed by atoms with Gasteiger partial charge in [0.15, 0.2) is 0 Å². The molecule has 5 rings (SSSR count). The molecule has 1 aromatic carbocycles. The number of benzene rings is 1. The fourth-order valence-electron chi connectivity index (χ4n) is 5.93. The number of ether oxygens (including phenoxy) is 2. The van der Waals surface area contributed by atoms with Gasteiger partial charge in [-0.1, -0.05) is 36.8 Å². The Kier molecular flexibility index (Phi) is 7.24. The van der Waals surface area contributed by atoms with Crippen LogP contribution in [-0.4, -0.2) is 43.9 Å². The molecule has 3 fully saturated rings. The van der Waals surface area contributed by atoms with Crippen LogP contribution < -0.4 is 15.0 Å². The average molecular weight is 436 g/mol. The Labute approximate surface area is 192 Å². The Bertz CT molecular complexity index is 840. The van der Waals surface area contributed by atoms with Gasteiger partial charge in [0.05, 0.1) is 31.3 Å². The van der Waals surface area contributed by atoms with Crippen molar-refractivity contribution in [2.45, 2.75) is 51.2 Å². The second-order valence-electron chi connectivity index (χ2n) is 9.83. The molecule has 32 heavy (non-hydrogen) atoms. The standard InChI is InChI=1S/C27H37N3O2/c1-2-6-21(7-3-1)18-31-19-23-9-4-8-22-17-30(13-11-27(22)23)25-14-26(16-28-15-25)32-20-24-10-5-12-29-24/h1-3,6-7,14-16,22-24,27,29H,4-5,8-13,17-20H2. The molecule has 5 heteroatoms. The number of rotatable bonds is 8. The van der Waals surface area contributed by atoms with Crippen molar-refractivity contribution in [3.8, 4) is 5.75 Å². The number of pyridine rings is 1. The molecule has 3 aliphatic rings. The first-order valence-electron chi connectivity index (χ1n) is 12.5. The monoisotopic (exact) mass is 435 g/mol. The number of hydrogen-bond donors (Lipinski definition) is 1. The van der Waals surface area contributed by atoms with Crippen LogP contribution in [0, 0.1) is 17.8 Å². The van der Waals surface area contributed by atoms with E-state index < -0.39 is 0 Å². The van der Waals surface area contributed by atoms with E-state index in [4.69, 9.17) is 9.47 Å². The van der Waals surface area contributed by atoms with Gasteiger partial charge in [0.25, 0.3) is 0 Å². The largest absolute Gasteiger partial charge is 0.490 e. The van der Waals surface area contributed by atoms with E-state index in [1.165, 1.54) is 49.8 Å². The van der Waals surface area contributed by atoms with E-state index in [-0.39, 0.29) is 0 Å². The molecule has 1 aromatic heterocycles. The third-order valence-electron chi connectivity index (χ3n) is 7.67. The molecule has 2 aromatic rings. The van der Waals surface area contributed by atoms with E-state index >= 15 is 0 Å². The minimum atomic E-state index is 0.484. The van der Waals surface area contributed by atoms with Crippen LogP contribution in [0.3, 0.4) is 0 Å². The van der Waals surface area contributed by atoms with E-state index in [1.807, 2.05) is 12.4 Å². The molecule has 4 atom stereocenters. The highest BCUT2D eigenvalue weighted by Crippen LogP contribution is 2.41. The van der Waals surface area contributed by atoms with Crippen LogP contribution in [0.25, 0.3) is 0 Å². The Morgan fingerprint density at radius 3 is 2.81 bits per heavy atom. The molecule has 172 valence electrons. The average Bonchev–Trinajstić information content (AvgIpc) is 3.37. The SMILES string of the molecule is c1ccc(COCC2CCCC3CN(c4cncc(OCC5CCCN5)c4)CCC23)cc1. The smallest absolute Gasteiger partial charge is 0.139 e. The summed E-state index contributed by atoms with van der Waals surface area (Å²) in [6, 6.07) is 13.2. The highest BCUT2D eigenvalue weighted by Gasteiger charge is 2.37. The van der Waals surface area contributed by atoms with Crippen LogP contribution in [0.2, 0.25) is 0 Å². The Morgan fingerprint density at radius 2 is 1.94 bits per heavy atom. The highest BCUT2D eigenvalue weighted by molar-refractivity contribution is 5.48. The number of nitrogens with one attached hydrogen (secondary N) is 1. The quantitative estimate of drug-likeness (QED) is 0.653. The van der Waals surface area contributed by atoms with E-state index in [0.717, 1.165) is 57.0 Å². The molecule has 3 heterocycles. The molecule has 0 bridgehead atoms. The van der Waals surface area contributed by atoms with E-state index in [1.54, 1.807) is 0 Å². The number of nitrogens with zero attached hydrogens (tertiary/aromatic N) is 2. The van der Waals surface area contributed by atoms with Crippen LogP contribution in [-0.2, 0) is 11.3 Å². The van der Waals surface area contributed by atoms with E-state index in [2.05, 4.69) is 51.6 Å². The summed E-state index contributed by atoms with van der Waals surface area (Å²) >= 11 is 0. The summed E-state index contributed by atoms with van der Waals surface area (Å²) in [5.74, 6) is 3.15. The van der Waals surface area contributed by atoms with Crippen LogP contribution in [0.4, 0.5) is 5.69 Å². The van der Waals surface area contributed by atoms with Gasteiger partial charge in [0.1, 0.15) is 12.4 Å². The molecular weight excluding hydrogens is 398 g/mol. The molecule has 1 saturated carbocycles. The molecule has 5 nitrogen and oxygen atoms in total. The molecule has 2 saturated heterocycles. The zero-order chi connectivity index (χ0) is 21.6. The number of hydrogen-bond acceptors (Lipinski definition) is 5. The number of anilines is 1. The zero-order valence-corrected chi connectivity index (χ0v) is 19.1. The van der Waals surface area contributed by atoms with Gasteiger partial charge in [-0.25, -0.2) is 0 Å².